The van der Waals surface area contributed by atoms with Gasteiger partial charge in [0.2, 0.25) is 0 Å². The molecule has 8 heteroatoms. The van der Waals surface area contributed by atoms with Crippen LogP contribution in [0.5, 0.6) is 0 Å². The lowest BCUT2D eigenvalue weighted by atomic mass is 10.1. The number of Topliss-reactive ketones (excluding diaryl/α,β-unsaturated/α-hetero) is 1. The number of carbonyl (C=O) groups is 1. The number of aliphatic hydroxyl groups is 1. The molecule has 1 fully saturated rings. The van der Waals surface area contributed by atoms with E-state index in [9.17, 15) is 4.79 Å². The molecule has 3 aromatic heterocycles. The van der Waals surface area contributed by atoms with Crippen LogP contribution in [0.3, 0.4) is 0 Å². The summed E-state index contributed by atoms with van der Waals surface area (Å²) in [7, 11) is 2.89. The molecule has 0 radical (unpaired) electrons. The summed E-state index contributed by atoms with van der Waals surface area (Å²) >= 11 is 0. The van der Waals surface area contributed by atoms with Gasteiger partial charge in [-0.1, -0.05) is 0 Å². The molecule has 0 amide bonds. The van der Waals surface area contributed by atoms with Crippen molar-refractivity contribution in [2.45, 2.75) is 13.3 Å². The van der Waals surface area contributed by atoms with E-state index in [1.807, 2.05) is 37.9 Å². The number of aryl methyl sites for hydroxylation is 1. The number of rotatable bonds is 3. The zero-order valence-corrected chi connectivity index (χ0v) is 14.6. The van der Waals surface area contributed by atoms with Crippen LogP contribution in [-0.2, 0) is 11.8 Å². The second-order valence-corrected chi connectivity index (χ2v) is 6.06. The summed E-state index contributed by atoms with van der Waals surface area (Å²) in [4.78, 5) is 18.5. The number of hydrogen-bond acceptors (Lipinski definition) is 6. The first-order valence-corrected chi connectivity index (χ1v) is 8.15. The van der Waals surface area contributed by atoms with Crippen LogP contribution in [0.4, 0.5) is 5.82 Å². The Bertz CT molecular complexity index is 884. The summed E-state index contributed by atoms with van der Waals surface area (Å²) in [5.41, 5.74) is 2.76. The van der Waals surface area contributed by atoms with E-state index in [2.05, 4.69) is 15.1 Å². The second kappa shape index (κ2) is 7.02. The van der Waals surface area contributed by atoms with E-state index in [1.165, 1.54) is 0 Å². The summed E-state index contributed by atoms with van der Waals surface area (Å²) in [5, 5.41) is 15.6. The van der Waals surface area contributed by atoms with Crippen LogP contribution in [0, 0.1) is 5.92 Å². The molecule has 8 nitrogen and oxygen atoms in total. The third-order valence-corrected chi connectivity index (χ3v) is 4.46. The van der Waals surface area contributed by atoms with Gasteiger partial charge in [0.05, 0.1) is 12.4 Å². The number of ketones is 1. The topological polar surface area (TPSA) is 88.5 Å². The molecule has 0 aromatic carbocycles. The summed E-state index contributed by atoms with van der Waals surface area (Å²) in [6, 6.07) is 1.95. The van der Waals surface area contributed by atoms with Crippen LogP contribution in [0.15, 0.2) is 30.9 Å². The summed E-state index contributed by atoms with van der Waals surface area (Å²) in [6.45, 7) is 3.28. The van der Waals surface area contributed by atoms with Crippen LogP contribution in [0.1, 0.15) is 13.3 Å². The van der Waals surface area contributed by atoms with Gasteiger partial charge < -0.3 is 10.0 Å². The van der Waals surface area contributed by atoms with Crippen LogP contribution in [0.2, 0.25) is 0 Å². The van der Waals surface area contributed by atoms with Gasteiger partial charge in [0.1, 0.15) is 11.6 Å². The molecule has 4 heterocycles. The van der Waals surface area contributed by atoms with Gasteiger partial charge in [0.25, 0.3) is 0 Å². The van der Waals surface area contributed by atoms with Crippen molar-refractivity contribution in [2.75, 3.05) is 25.1 Å². The monoisotopic (exact) mass is 342 g/mol. The maximum Gasteiger partial charge on any atom is 0.165 e. The van der Waals surface area contributed by atoms with Gasteiger partial charge in [-0.25, -0.2) is 9.50 Å². The fraction of sp³-hybridized carbons (Fsp3) is 0.412. The Hall–Kier alpha value is -2.74. The van der Waals surface area contributed by atoms with E-state index in [0.29, 0.717) is 0 Å². The highest BCUT2D eigenvalue weighted by Crippen LogP contribution is 2.27. The fourth-order valence-corrected chi connectivity index (χ4v) is 3.10. The van der Waals surface area contributed by atoms with Gasteiger partial charge in [-0.15, -0.1) is 0 Å². The van der Waals surface area contributed by atoms with E-state index in [-0.39, 0.29) is 11.7 Å². The fourth-order valence-electron chi connectivity index (χ4n) is 3.10. The molecule has 1 aliphatic heterocycles. The molecule has 1 atom stereocenters. The largest absolute Gasteiger partial charge is 0.400 e. The second-order valence-electron chi connectivity index (χ2n) is 6.06. The molecule has 1 saturated heterocycles. The quantitative estimate of drug-likeness (QED) is 0.768. The molecule has 0 saturated carbocycles. The molecule has 25 heavy (non-hydrogen) atoms. The molecule has 4 rings (SSSR count). The van der Waals surface area contributed by atoms with Crippen LogP contribution < -0.4 is 4.90 Å². The number of aromatic nitrogens is 5. The zero-order chi connectivity index (χ0) is 18.0. The first kappa shape index (κ1) is 17.1. The first-order valence-electron chi connectivity index (χ1n) is 8.15. The Morgan fingerprint density at radius 1 is 1.28 bits per heavy atom. The van der Waals surface area contributed by atoms with Crippen molar-refractivity contribution >= 4 is 17.2 Å². The van der Waals surface area contributed by atoms with E-state index in [1.54, 1.807) is 16.1 Å². The first-order chi connectivity index (χ1) is 12.1. The van der Waals surface area contributed by atoms with Crippen LogP contribution >= 0.6 is 0 Å². The molecular formula is C17H22N6O2. The summed E-state index contributed by atoms with van der Waals surface area (Å²) in [6.07, 6.45) is 8.39. The Morgan fingerprint density at radius 2 is 2.08 bits per heavy atom. The third-order valence-electron chi connectivity index (χ3n) is 4.46. The molecule has 0 bridgehead atoms. The Balaban J connectivity index is 0.000000880. The van der Waals surface area contributed by atoms with Gasteiger partial charge >= 0.3 is 0 Å². The Morgan fingerprint density at radius 3 is 2.72 bits per heavy atom. The lowest BCUT2D eigenvalue weighted by Gasteiger charge is -2.17. The number of fused-ring (bicyclic) bond motifs is 1. The molecule has 1 unspecified atom stereocenters. The standard InChI is InChI=1S/C16H18N6O.CH4O/c1-11(23)12-3-5-21(10-12)15-4-6-22-16(19-15)14(8-18-22)13-7-17-20(2)9-13;1-2/h4,6-9,12H,3,5,10H2,1-2H3;2H,1H3. The molecule has 1 aliphatic rings. The van der Waals surface area contributed by atoms with Crippen molar-refractivity contribution in [3.05, 3.63) is 30.9 Å². The number of carbonyl (C=O) groups excluding carboxylic acids is 1. The molecule has 0 spiro atoms. The molecular weight excluding hydrogens is 320 g/mol. The SMILES string of the molecule is CC(=O)C1CCN(c2ccn3ncc(-c4cnn(C)c4)c3n2)C1.CO. The van der Waals surface area contributed by atoms with Crippen molar-refractivity contribution in [3.63, 3.8) is 0 Å². The number of anilines is 1. The highest BCUT2D eigenvalue weighted by atomic mass is 16.2. The van der Waals surface area contributed by atoms with Crippen LogP contribution in [-0.4, -0.2) is 55.5 Å². The van der Waals surface area contributed by atoms with E-state index in [0.717, 1.165) is 49.2 Å². The number of aliphatic hydroxyl groups excluding tert-OH is 1. The average molecular weight is 342 g/mol. The molecule has 3 aromatic rings. The average Bonchev–Trinajstić information content (AvgIpc) is 3.34. The van der Waals surface area contributed by atoms with Crippen molar-refractivity contribution < 1.29 is 9.90 Å². The number of nitrogens with zero attached hydrogens (tertiary/aromatic N) is 6. The van der Waals surface area contributed by atoms with Gasteiger partial charge in [-0.05, 0) is 19.4 Å². The van der Waals surface area contributed by atoms with Gasteiger partial charge in [0.15, 0.2) is 5.65 Å². The summed E-state index contributed by atoms with van der Waals surface area (Å²) in [5.74, 6) is 1.27. The van der Waals surface area contributed by atoms with Gasteiger partial charge in [-0.2, -0.15) is 10.2 Å². The molecule has 0 aliphatic carbocycles. The predicted octanol–water partition coefficient (Wildman–Crippen LogP) is 1.15. The van der Waals surface area contributed by atoms with Crippen LogP contribution in [0.25, 0.3) is 16.8 Å². The smallest absolute Gasteiger partial charge is 0.165 e. The minimum absolute atomic E-state index is 0.121. The lowest BCUT2D eigenvalue weighted by molar-refractivity contribution is -0.120. The van der Waals surface area contributed by atoms with E-state index < -0.39 is 0 Å². The highest BCUT2D eigenvalue weighted by Gasteiger charge is 2.27. The minimum Gasteiger partial charge on any atom is -0.400 e. The molecule has 132 valence electrons. The van der Waals surface area contributed by atoms with Crippen molar-refractivity contribution in [2.24, 2.45) is 13.0 Å². The van der Waals surface area contributed by atoms with E-state index >= 15 is 0 Å². The maximum absolute atomic E-state index is 11.6. The highest BCUT2D eigenvalue weighted by molar-refractivity contribution is 5.80. The zero-order valence-electron chi connectivity index (χ0n) is 14.6. The van der Waals surface area contributed by atoms with Crippen molar-refractivity contribution in [1.82, 2.24) is 24.4 Å². The Labute approximate surface area is 145 Å². The van der Waals surface area contributed by atoms with Crippen molar-refractivity contribution in [1.29, 1.82) is 0 Å². The maximum atomic E-state index is 11.6. The third kappa shape index (κ3) is 3.25. The predicted molar refractivity (Wildman–Crippen MR) is 94.3 cm³/mol. The normalized spacial score (nSPS) is 16.8. The van der Waals surface area contributed by atoms with Gasteiger partial charge in [-0.3, -0.25) is 9.48 Å². The van der Waals surface area contributed by atoms with E-state index in [4.69, 9.17) is 10.1 Å². The van der Waals surface area contributed by atoms with Gasteiger partial charge in [0, 0.05) is 56.7 Å². The molecule has 1 N–H and O–H groups in total. The lowest BCUT2D eigenvalue weighted by Crippen LogP contribution is -2.22. The van der Waals surface area contributed by atoms with Crippen molar-refractivity contribution in [3.8, 4) is 11.1 Å². The Kier molecular flexibility index (Phi) is 4.80. The minimum atomic E-state index is 0.121. The summed E-state index contributed by atoms with van der Waals surface area (Å²) < 4.78 is 3.53. The number of hydrogen-bond donors (Lipinski definition) is 1.